The lowest BCUT2D eigenvalue weighted by Crippen LogP contribution is -2.17. The maximum Gasteiger partial charge on any atom is 0.255 e. The Balaban J connectivity index is 2.46. The number of hydrogen-bond donors (Lipinski definition) is 2. The zero-order chi connectivity index (χ0) is 13.1. The smallest absolute Gasteiger partial charge is 0.255 e. The van der Waals surface area contributed by atoms with Crippen molar-refractivity contribution in [1.82, 2.24) is 9.97 Å². The Bertz CT molecular complexity index is 620. The Morgan fingerprint density at radius 1 is 1.44 bits per heavy atom. The lowest BCUT2D eigenvalue weighted by Gasteiger charge is -2.07. The van der Waals surface area contributed by atoms with Crippen molar-refractivity contribution >= 4 is 0 Å². The maximum absolute atomic E-state index is 11.7. The number of nitrogens with two attached hydrogens (primary N) is 1. The molecule has 0 fully saturated rings. The van der Waals surface area contributed by atoms with E-state index in [0.29, 0.717) is 11.4 Å². The number of aromatic nitrogens is 2. The molecule has 5 heteroatoms. The van der Waals surface area contributed by atoms with Gasteiger partial charge in [0.2, 0.25) is 0 Å². The SMILES string of the molecule is COc1ccc(-c2ncc(CN)c(=O)[nH]2)cc1C. The Labute approximate surface area is 105 Å². The van der Waals surface area contributed by atoms with Gasteiger partial charge in [0.1, 0.15) is 11.6 Å². The molecule has 18 heavy (non-hydrogen) atoms. The number of methoxy groups -OCH3 is 1. The normalized spacial score (nSPS) is 10.4. The summed E-state index contributed by atoms with van der Waals surface area (Å²) in [5.41, 5.74) is 7.53. The second-order valence-corrected chi connectivity index (χ2v) is 3.97. The van der Waals surface area contributed by atoms with Crippen LogP contribution in [0, 0.1) is 6.92 Å². The molecule has 1 aromatic heterocycles. The van der Waals surface area contributed by atoms with E-state index in [2.05, 4.69) is 9.97 Å². The average molecular weight is 245 g/mol. The molecule has 2 rings (SSSR count). The number of rotatable bonds is 3. The van der Waals surface area contributed by atoms with Gasteiger partial charge in [-0.15, -0.1) is 0 Å². The van der Waals surface area contributed by atoms with Gasteiger partial charge in [0.05, 0.1) is 7.11 Å². The molecular formula is C13H15N3O2. The van der Waals surface area contributed by atoms with Gasteiger partial charge in [-0.3, -0.25) is 4.79 Å². The standard InChI is InChI=1S/C13H15N3O2/c1-8-5-9(3-4-11(8)18-2)12-15-7-10(6-14)13(17)16-12/h3-5,7H,6,14H2,1-2H3,(H,15,16,17). The molecule has 94 valence electrons. The fourth-order valence-electron chi connectivity index (χ4n) is 1.74. The van der Waals surface area contributed by atoms with E-state index in [-0.39, 0.29) is 12.1 Å². The van der Waals surface area contributed by atoms with Crippen LogP contribution >= 0.6 is 0 Å². The highest BCUT2D eigenvalue weighted by Crippen LogP contribution is 2.23. The molecule has 0 spiro atoms. The second kappa shape index (κ2) is 5.01. The van der Waals surface area contributed by atoms with E-state index in [4.69, 9.17) is 10.5 Å². The van der Waals surface area contributed by atoms with Gasteiger partial charge >= 0.3 is 0 Å². The van der Waals surface area contributed by atoms with Crippen molar-refractivity contribution in [2.24, 2.45) is 5.73 Å². The first-order chi connectivity index (χ1) is 8.65. The Hall–Kier alpha value is -2.14. The minimum absolute atomic E-state index is 0.185. The summed E-state index contributed by atoms with van der Waals surface area (Å²) in [5, 5.41) is 0. The highest BCUT2D eigenvalue weighted by molar-refractivity contribution is 5.58. The van der Waals surface area contributed by atoms with Crippen LogP contribution < -0.4 is 16.0 Å². The van der Waals surface area contributed by atoms with Gasteiger partial charge in [0.25, 0.3) is 5.56 Å². The van der Waals surface area contributed by atoms with Crippen molar-refractivity contribution in [1.29, 1.82) is 0 Å². The summed E-state index contributed by atoms with van der Waals surface area (Å²) in [4.78, 5) is 18.6. The summed E-state index contributed by atoms with van der Waals surface area (Å²) in [6.45, 7) is 2.12. The van der Waals surface area contributed by atoms with E-state index in [1.54, 1.807) is 7.11 Å². The molecule has 0 unspecified atom stereocenters. The van der Waals surface area contributed by atoms with Crippen LogP contribution in [0.5, 0.6) is 5.75 Å². The molecule has 0 aliphatic heterocycles. The third kappa shape index (κ3) is 2.26. The summed E-state index contributed by atoms with van der Waals surface area (Å²) < 4.78 is 5.19. The van der Waals surface area contributed by atoms with Gasteiger partial charge < -0.3 is 15.5 Å². The lowest BCUT2D eigenvalue weighted by molar-refractivity contribution is 0.412. The van der Waals surface area contributed by atoms with Gasteiger partial charge in [-0.25, -0.2) is 4.98 Å². The molecular weight excluding hydrogens is 230 g/mol. The van der Waals surface area contributed by atoms with Gasteiger partial charge in [-0.05, 0) is 30.7 Å². The monoisotopic (exact) mass is 245 g/mol. The third-order valence-electron chi connectivity index (χ3n) is 2.76. The molecule has 0 saturated carbocycles. The van der Waals surface area contributed by atoms with Crippen LogP contribution in [0.25, 0.3) is 11.4 Å². The van der Waals surface area contributed by atoms with Crippen LogP contribution in [0.4, 0.5) is 0 Å². The topological polar surface area (TPSA) is 81.0 Å². The van der Waals surface area contributed by atoms with Crippen LogP contribution in [0.1, 0.15) is 11.1 Å². The first-order valence-corrected chi connectivity index (χ1v) is 5.59. The van der Waals surface area contributed by atoms with Gasteiger partial charge in [-0.2, -0.15) is 0 Å². The van der Waals surface area contributed by atoms with Crippen molar-refractivity contribution < 1.29 is 4.74 Å². The van der Waals surface area contributed by atoms with Crippen molar-refractivity contribution in [3.05, 3.63) is 45.9 Å². The first kappa shape index (κ1) is 12.3. The van der Waals surface area contributed by atoms with Crippen LogP contribution in [-0.2, 0) is 6.54 Å². The fraction of sp³-hybridized carbons (Fsp3) is 0.231. The molecule has 5 nitrogen and oxygen atoms in total. The zero-order valence-electron chi connectivity index (χ0n) is 10.4. The summed E-state index contributed by atoms with van der Waals surface area (Å²) in [6, 6.07) is 5.62. The number of ether oxygens (including phenoxy) is 1. The third-order valence-corrected chi connectivity index (χ3v) is 2.76. The summed E-state index contributed by atoms with van der Waals surface area (Å²) in [6.07, 6.45) is 1.51. The predicted octanol–water partition coefficient (Wildman–Crippen LogP) is 1.21. The molecule has 2 aromatic rings. The van der Waals surface area contributed by atoms with Gasteiger partial charge in [0, 0.05) is 23.9 Å². The molecule has 1 heterocycles. The Kier molecular flexibility index (Phi) is 3.43. The van der Waals surface area contributed by atoms with Crippen molar-refractivity contribution in [2.75, 3.05) is 7.11 Å². The van der Waals surface area contributed by atoms with E-state index in [9.17, 15) is 4.79 Å². The summed E-state index contributed by atoms with van der Waals surface area (Å²) in [7, 11) is 1.62. The number of H-pyrrole nitrogens is 1. The number of nitrogens with one attached hydrogen (secondary N) is 1. The molecule has 0 bridgehead atoms. The number of aromatic amines is 1. The predicted molar refractivity (Wildman–Crippen MR) is 69.5 cm³/mol. The Morgan fingerprint density at radius 2 is 2.22 bits per heavy atom. The number of aryl methyl sites for hydroxylation is 1. The molecule has 1 aromatic carbocycles. The van der Waals surface area contributed by atoms with Crippen molar-refractivity contribution in [3.63, 3.8) is 0 Å². The van der Waals surface area contributed by atoms with Crippen molar-refractivity contribution in [2.45, 2.75) is 13.5 Å². The zero-order valence-corrected chi connectivity index (χ0v) is 10.4. The van der Waals surface area contributed by atoms with Crippen LogP contribution in [0.2, 0.25) is 0 Å². The Morgan fingerprint density at radius 3 is 2.78 bits per heavy atom. The lowest BCUT2D eigenvalue weighted by atomic mass is 10.1. The maximum atomic E-state index is 11.7. The molecule has 0 aliphatic carbocycles. The number of nitrogens with zero attached hydrogens (tertiary/aromatic N) is 1. The molecule has 0 radical (unpaired) electrons. The first-order valence-electron chi connectivity index (χ1n) is 5.59. The largest absolute Gasteiger partial charge is 0.496 e. The molecule has 0 saturated heterocycles. The van der Waals surface area contributed by atoms with Gasteiger partial charge in [0.15, 0.2) is 0 Å². The van der Waals surface area contributed by atoms with E-state index >= 15 is 0 Å². The van der Waals surface area contributed by atoms with Crippen LogP contribution in [0.3, 0.4) is 0 Å². The highest BCUT2D eigenvalue weighted by Gasteiger charge is 2.06. The second-order valence-electron chi connectivity index (χ2n) is 3.97. The molecule has 3 N–H and O–H groups in total. The van der Waals surface area contributed by atoms with Crippen LogP contribution in [0.15, 0.2) is 29.2 Å². The van der Waals surface area contributed by atoms with Crippen LogP contribution in [-0.4, -0.2) is 17.1 Å². The van der Waals surface area contributed by atoms with E-state index in [0.717, 1.165) is 16.9 Å². The minimum atomic E-state index is -0.198. The van der Waals surface area contributed by atoms with Crippen molar-refractivity contribution in [3.8, 4) is 17.1 Å². The fourth-order valence-corrected chi connectivity index (χ4v) is 1.74. The number of hydrogen-bond acceptors (Lipinski definition) is 4. The molecule has 0 atom stereocenters. The number of benzene rings is 1. The van der Waals surface area contributed by atoms with Gasteiger partial charge in [-0.1, -0.05) is 0 Å². The van der Waals surface area contributed by atoms with E-state index < -0.39 is 0 Å². The summed E-state index contributed by atoms with van der Waals surface area (Å²) in [5.74, 6) is 1.34. The average Bonchev–Trinajstić information content (AvgIpc) is 2.38. The molecule has 0 aliphatic rings. The minimum Gasteiger partial charge on any atom is -0.496 e. The highest BCUT2D eigenvalue weighted by atomic mass is 16.5. The van der Waals surface area contributed by atoms with E-state index in [1.165, 1.54) is 6.20 Å². The molecule has 0 amide bonds. The quantitative estimate of drug-likeness (QED) is 0.851. The summed E-state index contributed by atoms with van der Waals surface area (Å²) >= 11 is 0. The van der Waals surface area contributed by atoms with E-state index in [1.807, 2.05) is 25.1 Å².